The second-order valence-electron chi connectivity index (χ2n) is 7.64. The Morgan fingerprint density at radius 3 is 2.73 bits per heavy atom. The Bertz CT molecular complexity index is 1110. The van der Waals surface area contributed by atoms with Crippen molar-refractivity contribution in [2.24, 2.45) is 5.41 Å². The van der Waals surface area contributed by atoms with Gasteiger partial charge < -0.3 is 19.9 Å². The van der Waals surface area contributed by atoms with Gasteiger partial charge in [-0.3, -0.25) is 4.79 Å². The number of phenolic OH excluding ortho intramolecular Hbond substituents is 1. The largest absolute Gasteiger partial charge is 0.504 e. The zero-order valence-electron chi connectivity index (χ0n) is 17.1. The van der Waals surface area contributed by atoms with Crippen molar-refractivity contribution in [1.82, 2.24) is 9.97 Å². The van der Waals surface area contributed by atoms with Gasteiger partial charge in [-0.1, -0.05) is 12.0 Å². The summed E-state index contributed by atoms with van der Waals surface area (Å²) in [6.07, 6.45) is 6.86. The van der Waals surface area contributed by atoms with E-state index in [4.69, 9.17) is 15.9 Å². The van der Waals surface area contributed by atoms with Crippen molar-refractivity contribution >= 4 is 28.4 Å². The Hall–Kier alpha value is -3.79. The molecular weight excluding hydrogens is 382 g/mol. The van der Waals surface area contributed by atoms with Gasteiger partial charge in [-0.25, -0.2) is 9.97 Å². The van der Waals surface area contributed by atoms with Gasteiger partial charge in [0.1, 0.15) is 25.4 Å². The summed E-state index contributed by atoms with van der Waals surface area (Å²) < 4.78 is 10.8. The number of carbonyl (C=O) groups is 1. The fraction of sp³-hybridized carbons (Fsp3) is 0.261. The van der Waals surface area contributed by atoms with E-state index < -0.39 is 5.41 Å². The molecule has 0 saturated carbocycles. The lowest BCUT2D eigenvalue weighted by atomic mass is 9.97. The third-order valence-electron chi connectivity index (χ3n) is 4.19. The quantitative estimate of drug-likeness (QED) is 0.363. The van der Waals surface area contributed by atoms with E-state index in [1.807, 2.05) is 24.3 Å². The van der Waals surface area contributed by atoms with Gasteiger partial charge in [0.15, 0.2) is 11.5 Å². The topological polar surface area (TPSA) is 93.6 Å². The summed E-state index contributed by atoms with van der Waals surface area (Å²) in [5.74, 6) is 2.99. The van der Waals surface area contributed by atoms with E-state index in [2.05, 4.69) is 21.2 Å². The molecule has 154 valence electrons. The van der Waals surface area contributed by atoms with E-state index >= 15 is 0 Å². The van der Waals surface area contributed by atoms with Gasteiger partial charge in [0.25, 0.3) is 0 Å². The lowest BCUT2D eigenvalue weighted by Crippen LogP contribution is -2.24. The Morgan fingerprint density at radius 2 is 2.00 bits per heavy atom. The number of nitrogens with one attached hydrogen (secondary N) is 1. The van der Waals surface area contributed by atoms with Crippen LogP contribution in [0.5, 0.6) is 11.5 Å². The molecular formula is C23H23N3O4. The van der Waals surface area contributed by atoms with Gasteiger partial charge in [-0.2, -0.15) is 0 Å². The number of aromatic hydroxyl groups is 1. The van der Waals surface area contributed by atoms with Gasteiger partial charge in [-0.05, 0) is 45.0 Å². The molecule has 0 bridgehead atoms. The molecule has 0 fully saturated rings. The van der Waals surface area contributed by atoms with Crippen LogP contribution in [0.4, 0.5) is 11.5 Å². The third kappa shape index (κ3) is 4.97. The van der Waals surface area contributed by atoms with Crippen molar-refractivity contribution in [1.29, 1.82) is 0 Å². The predicted molar refractivity (Wildman–Crippen MR) is 115 cm³/mol. The van der Waals surface area contributed by atoms with Crippen LogP contribution in [0.2, 0.25) is 0 Å². The minimum absolute atomic E-state index is 0.0661. The first-order valence-electron chi connectivity index (χ1n) is 9.39. The van der Waals surface area contributed by atoms with Crippen LogP contribution in [0.25, 0.3) is 10.9 Å². The summed E-state index contributed by atoms with van der Waals surface area (Å²) in [5.41, 5.74) is 1.48. The Morgan fingerprint density at radius 1 is 1.20 bits per heavy atom. The highest BCUT2D eigenvalue weighted by Crippen LogP contribution is 2.34. The molecule has 30 heavy (non-hydrogen) atoms. The number of carbonyl (C=O) groups excluding carboxylic acids is 1. The SMILES string of the molecule is C#Cc1cccc(Nc2ncnc3cc(O)c(OCCOC(=O)C(C)(C)C)cc23)c1. The number of terminal acetylenes is 1. The minimum Gasteiger partial charge on any atom is -0.504 e. The number of benzene rings is 2. The van der Waals surface area contributed by atoms with Crippen LogP contribution in [0.15, 0.2) is 42.7 Å². The highest BCUT2D eigenvalue weighted by atomic mass is 16.6. The molecule has 7 heteroatoms. The summed E-state index contributed by atoms with van der Waals surface area (Å²) in [7, 11) is 0. The molecule has 1 heterocycles. The average Bonchev–Trinajstić information content (AvgIpc) is 2.71. The number of ether oxygens (including phenoxy) is 2. The zero-order chi connectivity index (χ0) is 21.7. The van der Waals surface area contributed by atoms with Crippen LogP contribution >= 0.6 is 0 Å². The van der Waals surface area contributed by atoms with E-state index in [1.54, 1.807) is 26.8 Å². The summed E-state index contributed by atoms with van der Waals surface area (Å²) in [4.78, 5) is 20.3. The first-order chi connectivity index (χ1) is 14.3. The maximum absolute atomic E-state index is 11.8. The van der Waals surface area contributed by atoms with E-state index in [0.717, 1.165) is 11.3 Å². The van der Waals surface area contributed by atoms with Gasteiger partial charge in [0, 0.05) is 22.7 Å². The molecule has 3 aromatic rings. The summed E-state index contributed by atoms with van der Waals surface area (Å²) in [5, 5.41) is 14.1. The van der Waals surface area contributed by atoms with Gasteiger partial charge in [-0.15, -0.1) is 6.42 Å². The lowest BCUT2D eigenvalue weighted by Gasteiger charge is -2.17. The predicted octanol–water partition coefficient (Wildman–Crippen LogP) is 4.03. The number of fused-ring (bicyclic) bond motifs is 1. The Balaban J connectivity index is 1.78. The van der Waals surface area contributed by atoms with E-state index in [9.17, 15) is 9.90 Å². The molecule has 0 spiro atoms. The van der Waals surface area contributed by atoms with E-state index in [0.29, 0.717) is 16.7 Å². The maximum atomic E-state index is 11.8. The van der Waals surface area contributed by atoms with Crippen LogP contribution in [0.1, 0.15) is 26.3 Å². The van der Waals surface area contributed by atoms with Crippen LogP contribution in [-0.2, 0) is 9.53 Å². The van der Waals surface area contributed by atoms with Crippen LogP contribution < -0.4 is 10.1 Å². The number of phenols is 1. The van der Waals surface area contributed by atoms with Crippen molar-refractivity contribution in [3.63, 3.8) is 0 Å². The molecule has 3 rings (SSSR count). The number of hydrogen-bond acceptors (Lipinski definition) is 7. The number of nitrogens with zero attached hydrogens (tertiary/aromatic N) is 2. The molecule has 2 aromatic carbocycles. The molecule has 1 aromatic heterocycles. The standard InChI is InChI=1S/C23H23N3O4/c1-5-15-7-6-8-16(11-15)26-21-17-12-20(19(27)13-18(17)24-14-25-21)29-9-10-30-22(28)23(2,3)4/h1,6-8,11-14,27H,9-10H2,2-4H3,(H,24,25,26). The zero-order valence-corrected chi connectivity index (χ0v) is 17.1. The molecule has 2 N–H and O–H groups in total. The molecule has 0 aliphatic carbocycles. The maximum Gasteiger partial charge on any atom is 0.311 e. The summed E-state index contributed by atoms with van der Waals surface area (Å²) >= 11 is 0. The van der Waals surface area contributed by atoms with Crippen molar-refractivity contribution in [3.05, 3.63) is 48.3 Å². The first-order valence-corrected chi connectivity index (χ1v) is 9.39. The summed E-state index contributed by atoms with van der Waals surface area (Å²) in [6, 6.07) is 10.5. The lowest BCUT2D eigenvalue weighted by molar-refractivity contribution is -0.153. The van der Waals surface area contributed by atoms with E-state index in [1.165, 1.54) is 12.4 Å². The molecule has 0 unspecified atom stereocenters. The molecule has 0 saturated heterocycles. The van der Waals surface area contributed by atoms with Crippen LogP contribution in [-0.4, -0.2) is 34.3 Å². The van der Waals surface area contributed by atoms with Crippen LogP contribution in [0.3, 0.4) is 0 Å². The highest BCUT2D eigenvalue weighted by molar-refractivity contribution is 5.93. The monoisotopic (exact) mass is 405 g/mol. The van der Waals surface area contributed by atoms with Crippen molar-refractivity contribution in [2.45, 2.75) is 20.8 Å². The normalized spacial score (nSPS) is 11.0. The van der Waals surface area contributed by atoms with Crippen molar-refractivity contribution in [3.8, 4) is 23.8 Å². The Labute approximate surface area is 175 Å². The van der Waals surface area contributed by atoms with E-state index in [-0.39, 0.29) is 30.7 Å². The Kier molecular flexibility index (Phi) is 6.07. The highest BCUT2D eigenvalue weighted by Gasteiger charge is 2.22. The molecule has 0 amide bonds. The van der Waals surface area contributed by atoms with Gasteiger partial charge in [0.2, 0.25) is 0 Å². The van der Waals surface area contributed by atoms with Gasteiger partial charge >= 0.3 is 5.97 Å². The molecule has 0 aliphatic rings. The number of hydrogen-bond donors (Lipinski definition) is 2. The fourth-order valence-electron chi connectivity index (χ4n) is 2.61. The number of anilines is 2. The van der Waals surface area contributed by atoms with Crippen molar-refractivity contribution < 1.29 is 19.4 Å². The number of aromatic nitrogens is 2. The third-order valence-corrected chi connectivity index (χ3v) is 4.19. The minimum atomic E-state index is -0.584. The second-order valence-corrected chi connectivity index (χ2v) is 7.64. The molecule has 0 atom stereocenters. The average molecular weight is 405 g/mol. The molecule has 7 nitrogen and oxygen atoms in total. The number of esters is 1. The fourth-order valence-corrected chi connectivity index (χ4v) is 2.61. The second kappa shape index (κ2) is 8.70. The number of rotatable bonds is 6. The van der Waals surface area contributed by atoms with Crippen LogP contribution in [0, 0.1) is 17.8 Å². The first kappa shape index (κ1) is 20.9. The van der Waals surface area contributed by atoms with Gasteiger partial charge in [0.05, 0.1) is 10.9 Å². The summed E-state index contributed by atoms with van der Waals surface area (Å²) in [6.45, 7) is 5.50. The molecule has 0 radical (unpaired) electrons. The smallest absolute Gasteiger partial charge is 0.311 e. The van der Waals surface area contributed by atoms with Crippen molar-refractivity contribution in [2.75, 3.05) is 18.5 Å². The molecule has 0 aliphatic heterocycles.